The average molecular weight is 404 g/mol. The lowest BCUT2D eigenvalue weighted by atomic mass is 9.70. The first-order valence-electron chi connectivity index (χ1n) is 10.6. The molecule has 0 aromatic rings. The third kappa shape index (κ3) is 7.78. The quantitative estimate of drug-likeness (QED) is 0.265. The van der Waals surface area contributed by atoms with Crippen LogP contribution in [0.15, 0.2) is 12.2 Å². The highest BCUT2D eigenvalue weighted by Crippen LogP contribution is 2.56. The molecule has 0 heterocycles. The maximum absolute atomic E-state index is 14.1. The second kappa shape index (κ2) is 11.9. The molecule has 0 bridgehead atoms. The predicted octanol–water partition coefficient (Wildman–Crippen LogP) is 5.48. The summed E-state index contributed by atoms with van der Waals surface area (Å²) in [6.45, 7) is 3.80. The van der Waals surface area contributed by atoms with Gasteiger partial charge in [0.2, 0.25) is 0 Å². The maximum atomic E-state index is 14.1. The molecule has 0 aliphatic heterocycles. The summed E-state index contributed by atoms with van der Waals surface area (Å²) in [4.78, 5) is 10.5. The van der Waals surface area contributed by atoms with Gasteiger partial charge in [0, 0.05) is 11.8 Å². The maximum Gasteiger partial charge on any atom is 0.316 e. The number of carboxylic acid groups (broad SMARTS) is 1. The Balaban J connectivity index is 2.69. The SMILES string of the molecule is CCCCCC(C)(O)CC[C@@]1([C](F)F)CC[C@H](O)[C@H]1CC=CCCCC(=O)O. The van der Waals surface area contributed by atoms with Crippen molar-refractivity contribution >= 4 is 5.97 Å². The number of allylic oxidation sites excluding steroid dienone is 2. The zero-order valence-corrected chi connectivity index (χ0v) is 17.3. The molecule has 28 heavy (non-hydrogen) atoms. The first-order valence-corrected chi connectivity index (χ1v) is 10.6. The fourth-order valence-corrected chi connectivity index (χ4v) is 4.29. The van der Waals surface area contributed by atoms with Crippen molar-refractivity contribution in [3.63, 3.8) is 0 Å². The number of carbonyl (C=O) groups is 1. The second-order valence-corrected chi connectivity index (χ2v) is 8.58. The third-order valence-corrected chi connectivity index (χ3v) is 6.18. The molecule has 163 valence electrons. The van der Waals surface area contributed by atoms with Crippen LogP contribution in [0.25, 0.3) is 0 Å². The van der Waals surface area contributed by atoms with Gasteiger partial charge in [-0.3, -0.25) is 4.79 Å². The first-order chi connectivity index (χ1) is 13.1. The van der Waals surface area contributed by atoms with Gasteiger partial charge in [-0.1, -0.05) is 38.3 Å². The summed E-state index contributed by atoms with van der Waals surface area (Å²) >= 11 is 0. The number of aliphatic carboxylic acids is 1. The van der Waals surface area contributed by atoms with Crippen molar-refractivity contribution < 1.29 is 28.9 Å². The zero-order chi connectivity index (χ0) is 21.2. The van der Waals surface area contributed by atoms with E-state index < -0.39 is 35.4 Å². The van der Waals surface area contributed by atoms with Gasteiger partial charge in [0.05, 0.1) is 11.7 Å². The summed E-state index contributed by atoms with van der Waals surface area (Å²) in [7, 11) is 0. The molecule has 1 aliphatic carbocycles. The van der Waals surface area contributed by atoms with Gasteiger partial charge in [0.1, 0.15) is 0 Å². The minimum absolute atomic E-state index is 0.0837. The summed E-state index contributed by atoms with van der Waals surface area (Å²) in [5, 5.41) is 29.6. The van der Waals surface area contributed by atoms with E-state index in [0.717, 1.165) is 19.3 Å². The molecule has 1 rings (SSSR count). The molecule has 3 N–H and O–H groups in total. The van der Waals surface area contributed by atoms with Crippen LogP contribution in [0.2, 0.25) is 0 Å². The molecule has 0 aromatic carbocycles. The van der Waals surface area contributed by atoms with E-state index in [1.165, 1.54) is 0 Å². The lowest BCUT2D eigenvalue weighted by Crippen LogP contribution is -2.36. The Bertz CT molecular complexity index is 493. The molecule has 6 heteroatoms. The van der Waals surface area contributed by atoms with Crippen LogP contribution in [-0.2, 0) is 4.79 Å². The molecule has 1 fully saturated rings. The zero-order valence-electron chi connectivity index (χ0n) is 17.3. The van der Waals surface area contributed by atoms with E-state index in [2.05, 4.69) is 6.92 Å². The minimum Gasteiger partial charge on any atom is -0.481 e. The van der Waals surface area contributed by atoms with Crippen LogP contribution in [0.1, 0.15) is 90.9 Å². The number of hydrogen-bond donors (Lipinski definition) is 3. The second-order valence-electron chi connectivity index (χ2n) is 8.58. The van der Waals surface area contributed by atoms with Gasteiger partial charge in [0.15, 0.2) is 0 Å². The fraction of sp³-hybridized carbons (Fsp3) is 0.818. The molecule has 1 aliphatic rings. The Labute approximate surface area is 168 Å². The number of rotatable bonds is 14. The van der Waals surface area contributed by atoms with Crippen molar-refractivity contribution in [2.45, 2.75) is 103 Å². The van der Waals surface area contributed by atoms with Crippen LogP contribution in [0.5, 0.6) is 0 Å². The molecule has 1 radical (unpaired) electrons. The standard InChI is InChI=1S/C22H37F2O4/c1-3-4-9-13-21(2,28)15-16-22(20(23)24)14-12-18(25)17(22)10-7-5-6-8-11-19(26)27/h5,7,17-18,25,28H,3-4,6,8-16H2,1-2H3,(H,26,27)/t17-,18+,21?,22+/m1/s1. The van der Waals surface area contributed by atoms with Crippen LogP contribution in [-0.4, -0.2) is 33.0 Å². The summed E-state index contributed by atoms with van der Waals surface area (Å²) in [6, 6.07) is 0. The van der Waals surface area contributed by atoms with E-state index in [-0.39, 0.29) is 19.3 Å². The fourth-order valence-electron chi connectivity index (χ4n) is 4.29. The molecule has 4 atom stereocenters. The molecule has 1 unspecified atom stereocenters. The summed E-state index contributed by atoms with van der Waals surface area (Å²) < 4.78 is 28.1. The Kier molecular flexibility index (Phi) is 10.6. The van der Waals surface area contributed by atoms with E-state index >= 15 is 0 Å². The average Bonchev–Trinajstić information content (AvgIpc) is 2.93. The molecular weight excluding hydrogens is 366 g/mol. The normalized spacial score (nSPS) is 27.5. The molecule has 0 spiro atoms. The van der Waals surface area contributed by atoms with Gasteiger partial charge in [-0.15, -0.1) is 0 Å². The van der Waals surface area contributed by atoms with Crippen LogP contribution >= 0.6 is 0 Å². The number of unbranched alkanes of at least 4 members (excludes halogenated alkanes) is 3. The van der Waals surface area contributed by atoms with E-state index in [1.807, 2.05) is 6.08 Å². The van der Waals surface area contributed by atoms with Crippen molar-refractivity contribution in [2.75, 3.05) is 0 Å². The van der Waals surface area contributed by atoms with Crippen LogP contribution in [0, 0.1) is 17.8 Å². The van der Waals surface area contributed by atoms with Gasteiger partial charge in [-0.2, -0.15) is 8.78 Å². The Morgan fingerprint density at radius 1 is 1.21 bits per heavy atom. The minimum atomic E-state index is -1.64. The largest absolute Gasteiger partial charge is 0.481 e. The smallest absolute Gasteiger partial charge is 0.316 e. The highest BCUT2D eigenvalue weighted by atomic mass is 19.3. The summed E-state index contributed by atoms with van der Waals surface area (Å²) in [6.07, 6.45) is 7.26. The van der Waals surface area contributed by atoms with Crippen LogP contribution < -0.4 is 0 Å². The number of aliphatic hydroxyl groups excluding tert-OH is 1. The molecule has 0 aromatic heterocycles. The number of halogens is 2. The molecular formula is C22H37F2O4. The van der Waals surface area contributed by atoms with E-state index in [9.17, 15) is 23.8 Å². The van der Waals surface area contributed by atoms with Crippen molar-refractivity contribution in [3.8, 4) is 0 Å². The Morgan fingerprint density at radius 3 is 2.54 bits per heavy atom. The van der Waals surface area contributed by atoms with Gasteiger partial charge < -0.3 is 15.3 Å². The third-order valence-electron chi connectivity index (χ3n) is 6.18. The predicted molar refractivity (Wildman–Crippen MR) is 106 cm³/mol. The molecule has 4 nitrogen and oxygen atoms in total. The van der Waals surface area contributed by atoms with E-state index in [1.54, 1.807) is 13.0 Å². The lowest BCUT2D eigenvalue weighted by molar-refractivity contribution is -0.137. The van der Waals surface area contributed by atoms with Crippen molar-refractivity contribution in [1.29, 1.82) is 0 Å². The monoisotopic (exact) mass is 403 g/mol. The van der Waals surface area contributed by atoms with Crippen molar-refractivity contribution in [2.24, 2.45) is 11.3 Å². The number of carboxylic acids is 1. The highest BCUT2D eigenvalue weighted by Gasteiger charge is 2.54. The topological polar surface area (TPSA) is 77.8 Å². The number of hydrogen-bond acceptors (Lipinski definition) is 3. The summed E-state index contributed by atoms with van der Waals surface area (Å²) in [5.41, 5.74) is -2.32. The Hall–Kier alpha value is -1.01. The van der Waals surface area contributed by atoms with Crippen molar-refractivity contribution in [3.05, 3.63) is 18.6 Å². The highest BCUT2D eigenvalue weighted by molar-refractivity contribution is 5.66. The van der Waals surface area contributed by atoms with Gasteiger partial charge >= 0.3 is 12.4 Å². The summed E-state index contributed by atoms with van der Waals surface area (Å²) in [5.74, 6) is -1.42. The van der Waals surface area contributed by atoms with Gasteiger partial charge in [-0.05, 0) is 64.2 Å². The van der Waals surface area contributed by atoms with Crippen molar-refractivity contribution in [1.82, 2.24) is 0 Å². The lowest BCUT2D eigenvalue weighted by Gasteiger charge is -2.37. The van der Waals surface area contributed by atoms with E-state index in [4.69, 9.17) is 5.11 Å². The Morgan fingerprint density at radius 2 is 1.93 bits per heavy atom. The van der Waals surface area contributed by atoms with E-state index in [0.29, 0.717) is 38.5 Å². The molecule has 0 saturated heterocycles. The van der Waals surface area contributed by atoms with Gasteiger partial charge in [0.25, 0.3) is 0 Å². The van der Waals surface area contributed by atoms with Gasteiger partial charge in [-0.25, -0.2) is 0 Å². The van der Waals surface area contributed by atoms with Crippen LogP contribution in [0.4, 0.5) is 8.78 Å². The molecule has 0 amide bonds. The first kappa shape index (κ1) is 25.0. The molecule has 1 saturated carbocycles. The van der Waals surface area contributed by atoms with Crippen LogP contribution in [0.3, 0.4) is 0 Å². The number of aliphatic hydroxyl groups is 2.